The maximum absolute atomic E-state index is 12.9. The Morgan fingerprint density at radius 3 is 2.62 bits per heavy atom. The summed E-state index contributed by atoms with van der Waals surface area (Å²) in [5.41, 5.74) is 1.18. The van der Waals surface area contributed by atoms with Gasteiger partial charge in [0.05, 0.1) is 16.1 Å². The Hall–Kier alpha value is -2.25. The van der Waals surface area contributed by atoms with Crippen molar-refractivity contribution in [3.05, 3.63) is 47.0 Å². The van der Waals surface area contributed by atoms with Gasteiger partial charge in [0.1, 0.15) is 5.52 Å². The van der Waals surface area contributed by atoms with Crippen LogP contribution in [0.1, 0.15) is 5.56 Å². The standard InChI is InChI=1S/C18H17ClF3N3O/c1-25(2)8-7-23-12-4-6-15-16(10-12)26-17(24-15)13-9-11(18(20,21)22)3-5-14(13)19/h3-6,9-10,23H,7-8H2,1-2H3. The molecule has 1 heterocycles. The van der Waals surface area contributed by atoms with E-state index in [1.54, 1.807) is 12.1 Å². The highest BCUT2D eigenvalue weighted by molar-refractivity contribution is 6.33. The van der Waals surface area contributed by atoms with Crippen molar-refractivity contribution in [2.75, 3.05) is 32.5 Å². The lowest BCUT2D eigenvalue weighted by Gasteiger charge is -2.10. The van der Waals surface area contributed by atoms with E-state index < -0.39 is 11.7 Å². The van der Waals surface area contributed by atoms with E-state index in [9.17, 15) is 13.2 Å². The fourth-order valence-electron chi connectivity index (χ4n) is 2.44. The quantitative estimate of drug-likeness (QED) is 0.662. The molecular weight excluding hydrogens is 367 g/mol. The Balaban J connectivity index is 1.92. The predicted molar refractivity (Wildman–Crippen MR) is 96.5 cm³/mol. The van der Waals surface area contributed by atoms with Crippen LogP contribution < -0.4 is 5.32 Å². The summed E-state index contributed by atoms with van der Waals surface area (Å²) in [5.74, 6) is 0.0570. The molecule has 0 aliphatic heterocycles. The van der Waals surface area contributed by atoms with Crippen LogP contribution in [0.25, 0.3) is 22.6 Å². The molecule has 138 valence electrons. The Labute approximate surface area is 153 Å². The van der Waals surface area contributed by atoms with Crippen molar-refractivity contribution in [1.82, 2.24) is 9.88 Å². The van der Waals surface area contributed by atoms with Crippen molar-refractivity contribution < 1.29 is 17.6 Å². The third-order valence-corrected chi connectivity index (χ3v) is 4.13. The molecule has 1 aromatic heterocycles. The van der Waals surface area contributed by atoms with E-state index in [1.165, 1.54) is 6.07 Å². The van der Waals surface area contributed by atoms with Gasteiger partial charge in [0.15, 0.2) is 5.58 Å². The number of halogens is 4. The molecule has 2 aromatic carbocycles. The Kier molecular flexibility index (Phi) is 5.11. The van der Waals surface area contributed by atoms with Gasteiger partial charge in [-0.2, -0.15) is 13.2 Å². The second kappa shape index (κ2) is 7.17. The Morgan fingerprint density at radius 2 is 1.92 bits per heavy atom. The first kappa shape index (κ1) is 18.5. The van der Waals surface area contributed by atoms with Crippen molar-refractivity contribution in [3.63, 3.8) is 0 Å². The summed E-state index contributed by atoms with van der Waals surface area (Å²) in [7, 11) is 3.96. The molecule has 0 spiro atoms. The van der Waals surface area contributed by atoms with Crippen LogP contribution in [-0.4, -0.2) is 37.1 Å². The van der Waals surface area contributed by atoms with Crippen LogP contribution in [0.15, 0.2) is 40.8 Å². The third-order valence-electron chi connectivity index (χ3n) is 3.80. The molecule has 0 unspecified atom stereocenters. The number of hydrogen-bond donors (Lipinski definition) is 1. The van der Waals surface area contributed by atoms with Crippen molar-refractivity contribution >= 4 is 28.4 Å². The molecule has 8 heteroatoms. The van der Waals surface area contributed by atoms with Gasteiger partial charge in [-0.3, -0.25) is 0 Å². The van der Waals surface area contributed by atoms with Crippen LogP contribution in [-0.2, 0) is 6.18 Å². The number of nitrogens with one attached hydrogen (secondary N) is 1. The maximum atomic E-state index is 12.9. The average molecular weight is 384 g/mol. The number of aromatic nitrogens is 1. The summed E-state index contributed by atoms with van der Waals surface area (Å²) in [5, 5.41) is 3.40. The molecule has 0 aliphatic rings. The van der Waals surface area contributed by atoms with E-state index in [0.717, 1.165) is 30.9 Å². The van der Waals surface area contributed by atoms with Crippen LogP contribution in [0.2, 0.25) is 5.02 Å². The number of likely N-dealkylation sites (N-methyl/N-ethyl adjacent to an activating group) is 1. The van der Waals surface area contributed by atoms with Crippen molar-refractivity contribution in [3.8, 4) is 11.5 Å². The number of hydrogen-bond acceptors (Lipinski definition) is 4. The van der Waals surface area contributed by atoms with E-state index in [2.05, 4.69) is 10.3 Å². The van der Waals surface area contributed by atoms with E-state index in [1.807, 2.05) is 25.1 Å². The first-order chi connectivity index (χ1) is 12.2. The number of alkyl halides is 3. The molecule has 0 saturated carbocycles. The van der Waals surface area contributed by atoms with Crippen molar-refractivity contribution in [2.45, 2.75) is 6.18 Å². The molecule has 3 aromatic rings. The van der Waals surface area contributed by atoms with Crippen molar-refractivity contribution in [2.24, 2.45) is 0 Å². The molecular formula is C18H17ClF3N3O. The van der Waals surface area contributed by atoms with Gasteiger partial charge in [-0.25, -0.2) is 4.98 Å². The number of fused-ring (bicyclic) bond motifs is 1. The van der Waals surface area contributed by atoms with Crippen LogP contribution in [0.3, 0.4) is 0 Å². The zero-order chi connectivity index (χ0) is 18.9. The first-order valence-electron chi connectivity index (χ1n) is 7.90. The van der Waals surface area contributed by atoms with E-state index in [0.29, 0.717) is 11.1 Å². The van der Waals surface area contributed by atoms with Crippen LogP contribution in [0, 0.1) is 0 Å². The molecule has 26 heavy (non-hydrogen) atoms. The molecule has 0 radical (unpaired) electrons. The largest absolute Gasteiger partial charge is 0.436 e. The first-order valence-corrected chi connectivity index (χ1v) is 8.28. The zero-order valence-corrected chi connectivity index (χ0v) is 14.9. The Bertz CT molecular complexity index is 922. The van der Waals surface area contributed by atoms with Gasteiger partial charge in [0.25, 0.3) is 0 Å². The second-order valence-corrected chi connectivity index (χ2v) is 6.53. The lowest BCUT2D eigenvalue weighted by Crippen LogP contribution is -2.20. The van der Waals surface area contributed by atoms with Gasteiger partial charge < -0.3 is 14.6 Å². The summed E-state index contributed by atoms with van der Waals surface area (Å²) < 4.78 is 44.5. The minimum atomic E-state index is -4.46. The molecule has 0 bridgehead atoms. The molecule has 0 amide bonds. The van der Waals surface area contributed by atoms with E-state index >= 15 is 0 Å². The van der Waals surface area contributed by atoms with Crippen LogP contribution in [0.5, 0.6) is 0 Å². The molecule has 3 rings (SSSR count). The summed E-state index contributed by atoms with van der Waals surface area (Å²) in [6.07, 6.45) is -4.46. The van der Waals surface area contributed by atoms with Gasteiger partial charge in [0, 0.05) is 24.8 Å². The fourth-order valence-corrected chi connectivity index (χ4v) is 2.64. The Morgan fingerprint density at radius 1 is 1.15 bits per heavy atom. The summed E-state index contributed by atoms with van der Waals surface area (Å²) in [6.45, 7) is 1.61. The van der Waals surface area contributed by atoms with Crippen molar-refractivity contribution in [1.29, 1.82) is 0 Å². The molecule has 1 N–H and O–H groups in total. The fraction of sp³-hybridized carbons (Fsp3) is 0.278. The molecule has 0 fully saturated rings. The number of benzene rings is 2. The van der Waals surface area contributed by atoms with Gasteiger partial charge in [-0.15, -0.1) is 0 Å². The topological polar surface area (TPSA) is 41.3 Å². The summed E-state index contributed by atoms with van der Waals surface area (Å²) in [4.78, 5) is 6.31. The third kappa shape index (κ3) is 4.11. The normalized spacial score (nSPS) is 12.1. The lowest BCUT2D eigenvalue weighted by molar-refractivity contribution is -0.137. The highest BCUT2D eigenvalue weighted by atomic mass is 35.5. The summed E-state index contributed by atoms with van der Waals surface area (Å²) >= 11 is 6.05. The number of nitrogens with zero attached hydrogens (tertiary/aromatic N) is 2. The van der Waals surface area contributed by atoms with E-state index in [-0.39, 0.29) is 16.5 Å². The maximum Gasteiger partial charge on any atom is 0.416 e. The van der Waals surface area contributed by atoms with Gasteiger partial charge >= 0.3 is 6.18 Å². The minimum absolute atomic E-state index is 0.0570. The second-order valence-electron chi connectivity index (χ2n) is 6.12. The van der Waals surface area contributed by atoms with Crippen LogP contribution >= 0.6 is 11.6 Å². The number of rotatable bonds is 5. The van der Waals surface area contributed by atoms with Crippen LogP contribution in [0.4, 0.5) is 18.9 Å². The monoisotopic (exact) mass is 383 g/mol. The lowest BCUT2D eigenvalue weighted by atomic mass is 10.1. The highest BCUT2D eigenvalue weighted by Crippen LogP contribution is 2.36. The minimum Gasteiger partial charge on any atom is -0.436 e. The van der Waals surface area contributed by atoms with E-state index in [4.69, 9.17) is 16.0 Å². The molecule has 0 saturated heterocycles. The zero-order valence-electron chi connectivity index (χ0n) is 14.2. The molecule has 0 atom stereocenters. The summed E-state index contributed by atoms with van der Waals surface area (Å²) in [6, 6.07) is 8.44. The number of anilines is 1. The van der Waals surface area contributed by atoms with Gasteiger partial charge in [-0.1, -0.05) is 11.6 Å². The SMILES string of the molecule is CN(C)CCNc1ccc2nc(-c3cc(C(F)(F)F)ccc3Cl)oc2c1. The predicted octanol–water partition coefficient (Wildman–Crippen LogP) is 5.14. The average Bonchev–Trinajstić information content (AvgIpc) is 2.96. The molecule has 0 aliphatic carbocycles. The number of oxazole rings is 1. The van der Waals surface area contributed by atoms with Gasteiger partial charge in [-0.05, 0) is 44.4 Å². The highest BCUT2D eigenvalue weighted by Gasteiger charge is 2.31. The van der Waals surface area contributed by atoms with Gasteiger partial charge in [0.2, 0.25) is 5.89 Å². The smallest absolute Gasteiger partial charge is 0.416 e. The molecule has 4 nitrogen and oxygen atoms in total.